The molecular formula is C10H6F3N5O3. The molecule has 0 fully saturated rings. The van der Waals surface area contributed by atoms with Crippen molar-refractivity contribution >= 4 is 17.3 Å². The summed E-state index contributed by atoms with van der Waals surface area (Å²) in [6.07, 6.45) is -3.66. The van der Waals surface area contributed by atoms with Crippen molar-refractivity contribution < 1.29 is 22.9 Å². The standard InChI is InChI=1S/C10H6F3N5O3/c11-10(12,13)5-1-2-6(8(3-5)18(20)21)15-9(19)7-4-14-17-16-7/h1-4H,(H,15,19)(H,14,16,17). The number of aromatic nitrogens is 3. The third-order valence-corrected chi connectivity index (χ3v) is 2.42. The van der Waals surface area contributed by atoms with Crippen LogP contribution in [-0.4, -0.2) is 26.2 Å². The predicted molar refractivity (Wildman–Crippen MR) is 62.4 cm³/mol. The molecule has 1 aromatic heterocycles. The molecule has 0 aliphatic heterocycles. The Labute approximate surface area is 114 Å². The van der Waals surface area contributed by atoms with Gasteiger partial charge in [-0.2, -0.15) is 28.6 Å². The first-order chi connectivity index (χ1) is 9.79. The molecule has 0 saturated carbocycles. The van der Waals surface area contributed by atoms with Crippen LogP contribution in [0, 0.1) is 10.1 Å². The van der Waals surface area contributed by atoms with Crippen LogP contribution in [0.1, 0.15) is 16.1 Å². The third-order valence-electron chi connectivity index (χ3n) is 2.42. The molecule has 0 saturated heterocycles. The van der Waals surface area contributed by atoms with E-state index in [9.17, 15) is 28.1 Å². The van der Waals surface area contributed by atoms with E-state index in [4.69, 9.17) is 0 Å². The van der Waals surface area contributed by atoms with Crippen LogP contribution in [0.2, 0.25) is 0 Å². The van der Waals surface area contributed by atoms with E-state index >= 15 is 0 Å². The summed E-state index contributed by atoms with van der Waals surface area (Å²) in [7, 11) is 0. The highest BCUT2D eigenvalue weighted by molar-refractivity contribution is 6.03. The maximum absolute atomic E-state index is 12.5. The Morgan fingerprint density at radius 2 is 2.10 bits per heavy atom. The number of anilines is 1. The topological polar surface area (TPSA) is 114 Å². The van der Waals surface area contributed by atoms with Gasteiger partial charge < -0.3 is 5.32 Å². The van der Waals surface area contributed by atoms with Gasteiger partial charge in [0.25, 0.3) is 11.6 Å². The molecule has 1 aromatic carbocycles. The second-order valence-electron chi connectivity index (χ2n) is 3.80. The van der Waals surface area contributed by atoms with Gasteiger partial charge in [0.15, 0.2) is 5.69 Å². The van der Waals surface area contributed by atoms with E-state index in [0.717, 1.165) is 12.3 Å². The lowest BCUT2D eigenvalue weighted by atomic mass is 10.1. The van der Waals surface area contributed by atoms with Crippen LogP contribution in [0.25, 0.3) is 0 Å². The molecule has 2 aromatic rings. The van der Waals surface area contributed by atoms with E-state index in [-0.39, 0.29) is 11.4 Å². The highest BCUT2D eigenvalue weighted by Gasteiger charge is 2.33. The summed E-state index contributed by atoms with van der Waals surface area (Å²) < 4.78 is 37.5. The lowest BCUT2D eigenvalue weighted by Gasteiger charge is -2.09. The molecule has 0 unspecified atom stereocenters. The fraction of sp³-hybridized carbons (Fsp3) is 0.100. The van der Waals surface area contributed by atoms with Gasteiger partial charge in [-0.1, -0.05) is 0 Å². The van der Waals surface area contributed by atoms with Crippen molar-refractivity contribution in [2.45, 2.75) is 6.18 Å². The Balaban J connectivity index is 2.35. The molecule has 0 bridgehead atoms. The van der Waals surface area contributed by atoms with Crippen LogP contribution >= 0.6 is 0 Å². The minimum Gasteiger partial charge on any atom is -0.315 e. The number of H-pyrrole nitrogens is 1. The zero-order chi connectivity index (χ0) is 15.6. The van der Waals surface area contributed by atoms with Gasteiger partial charge in [-0.3, -0.25) is 14.9 Å². The number of amides is 1. The first kappa shape index (κ1) is 14.4. The summed E-state index contributed by atoms with van der Waals surface area (Å²) in [6.45, 7) is 0. The third kappa shape index (κ3) is 3.13. The molecule has 21 heavy (non-hydrogen) atoms. The van der Waals surface area contributed by atoms with Crippen molar-refractivity contribution in [3.8, 4) is 0 Å². The molecule has 8 nitrogen and oxygen atoms in total. The number of hydrogen-bond donors (Lipinski definition) is 2. The highest BCUT2D eigenvalue weighted by atomic mass is 19.4. The number of aromatic amines is 1. The summed E-state index contributed by atoms with van der Waals surface area (Å²) in [5.74, 6) is -0.841. The average molecular weight is 301 g/mol. The molecule has 0 spiro atoms. The normalized spacial score (nSPS) is 11.2. The monoisotopic (exact) mass is 301 g/mol. The van der Waals surface area contributed by atoms with Gasteiger partial charge in [-0.05, 0) is 12.1 Å². The number of hydrogen-bond acceptors (Lipinski definition) is 5. The number of nitrogens with one attached hydrogen (secondary N) is 2. The zero-order valence-electron chi connectivity index (χ0n) is 10.0. The molecular weight excluding hydrogens is 295 g/mol. The number of nitro groups is 1. The number of carbonyl (C=O) groups is 1. The first-order valence-corrected chi connectivity index (χ1v) is 5.32. The fourth-order valence-corrected chi connectivity index (χ4v) is 1.46. The van der Waals surface area contributed by atoms with Crippen LogP contribution in [0.5, 0.6) is 0 Å². The number of alkyl halides is 3. The molecule has 11 heteroatoms. The Morgan fingerprint density at radius 3 is 2.62 bits per heavy atom. The number of halogens is 3. The van der Waals surface area contributed by atoms with Crippen molar-refractivity contribution in [1.82, 2.24) is 15.4 Å². The summed E-state index contributed by atoms with van der Waals surface area (Å²) in [5.41, 5.74) is -2.60. The SMILES string of the molecule is O=C(Nc1ccc(C(F)(F)F)cc1[N+](=O)[O-])c1cn[nH]n1. The first-order valence-electron chi connectivity index (χ1n) is 5.32. The molecule has 0 atom stereocenters. The molecule has 2 rings (SSSR count). The molecule has 0 aliphatic carbocycles. The fourth-order valence-electron chi connectivity index (χ4n) is 1.46. The number of nitro benzene ring substituents is 1. The van der Waals surface area contributed by atoms with Crippen molar-refractivity contribution in [2.24, 2.45) is 0 Å². The number of rotatable bonds is 3. The average Bonchev–Trinajstić information content (AvgIpc) is 2.91. The molecule has 110 valence electrons. The van der Waals surface area contributed by atoms with Gasteiger partial charge in [0.1, 0.15) is 5.69 Å². The van der Waals surface area contributed by atoms with Gasteiger partial charge in [-0.25, -0.2) is 0 Å². The smallest absolute Gasteiger partial charge is 0.315 e. The van der Waals surface area contributed by atoms with E-state index in [2.05, 4.69) is 20.7 Å². The highest BCUT2D eigenvalue weighted by Crippen LogP contribution is 2.35. The van der Waals surface area contributed by atoms with Crippen LogP contribution in [0.15, 0.2) is 24.4 Å². The summed E-state index contributed by atoms with van der Waals surface area (Å²) in [6, 6.07) is 1.78. The lowest BCUT2D eigenvalue weighted by Crippen LogP contribution is -2.14. The minimum atomic E-state index is -4.72. The number of benzene rings is 1. The van der Waals surface area contributed by atoms with Gasteiger partial charge >= 0.3 is 6.18 Å². The molecule has 2 N–H and O–H groups in total. The van der Waals surface area contributed by atoms with Gasteiger partial charge in [-0.15, -0.1) is 0 Å². The van der Waals surface area contributed by atoms with E-state index < -0.39 is 28.3 Å². The Bertz CT molecular complexity index is 684. The molecule has 0 aliphatic rings. The van der Waals surface area contributed by atoms with Crippen molar-refractivity contribution in [3.63, 3.8) is 0 Å². The van der Waals surface area contributed by atoms with Crippen LogP contribution in [0.4, 0.5) is 24.5 Å². The second kappa shape index (κ2) is 5.19. The van der Waals surface area contributed by atoms with Crippen molar-refractivity contribution in [2.75, 3.05) is 5.32 Å². The van der Waals surface area contributed by atoms with E-state index in [1.54, 1.807) is 0 Å². The zero-order valence-corrected chi connectivity index (χ0v) is 10.0. The summed E-state index contributed by atoms with van der Waals surface area (Å²) >= 11 is 0. The summed E-state index contributed by atoms with van der Waals surface area (Å²) in [4.78, 5) is 21.5. The van der Waals surface area contributed by atoms with E-state index in [1.807, 2.05) is 0 Å². The van der Waals surface area contributed by atoms with Crippen LogP contribution in [-0.2, 0) is 6.18 Å². The number of carbonyl (C=O) groups excluding carboxylic acids is 1. The van der Waals surface area contributed by atoms with Crippen LogP contribution < -0.4 is 5.32 Å². The van der Waals surface area contributed by atoms with Crippen molar-refractivity contribution in [3.05, 3.63) is 45.8 Å². The van der Waals surface area contributed by atoms with Gasteiger partial charge in [0.2, 0.25) is 0 Å². The van der Waals surface area contributed by atoms with E-state index in [1.165, 1.54) is 0 Å². The quantitative estimate of drug-likeness (QED) is 0.664. The largest absolute Gasteiger partial charge is 0.416 e. The van der Waals surface area contributed by atoms with E-state index in [0.29, 0.717) is 12.1 Å². The molecule has 1 heterocycles. The maximum atomic E-state index is 12.5. The van der Waals surface area contributed by atoms with Gasteiger partial charge in [0, 0.05) is 6.07 Å². The molecule has 0 radical (unpaired) electrons. The molecule has 1 amide bonds. The summed E-state index contributed by atoms with van der Waals surface area (Å²) in [5, 5.41) is 21.9. The minimum absolute atomic E-state index is 0.163. The Hall–Kier alpha value is -2.98. The number of nitrogens with zero attached hydrogens (tertiary/aromatic N) is 3. The van der Waals surface area contributed by atoms with Crippen LogP contribution in [0.3, 0.4) is 0 Å². The predicted octanol–water partition coefficient (Wildman–Crippen LogP) is 1.98. The maximum Gasteiger partial charge on any atom is 0.416 e. The lowest BCUT2D eigenvalue weighted by molar-refractivity contribution is -0.384. The van der Waals surface area contributed by atoms with Crippen molar-refractivity contribution in [1.29, 1.82) is 0 Å². The Morgan fingerprint density at radius 1 is 1.38 bits per heavy atom. The second-order valence-corrected chi connectivity index (χ2v) is 3.80. The Kier molecular flexibility index (Phi) is 3.56. The van der Waals surface area contributed by atoms with Gasteiger partial charge in [0.05, 0.1) is 16.7 Å².